The van der Waals surface area contributed by atoms with Crippen LogP contribution < -0.4 is 10.6 Å². The van der Waals surface area contributed by atoms with Gasteiger partial charge in [0.15, 0.2) is 0 Å². The second-order valence-corrected chi connectivity index (χ2v) is 5.39. The highest BCUT2D eigenvalue weighted by Gasteiger charge is 2.19. The fraction of sp³-hybridized carbons (Fsp3) is 0.636. The standard InChI is InChI=1S/C11H17N3OS/c1-8-13-6-9(16-8)7-14-11(15)10-4-2-3-5-12-10/h6,10,12H,2-5,7H2,1H3,(H,14,15). The average molecular weight is 239 g/mol. The van der Waals surface area contributed by atoms with Crippen LogP contribution in [0.2, 0.25) is 0 Å². The number of hydrogen-bond donors (Lipinski definition) is 2. The zero-order valence-corrected chi connectivity index (χ0v) is 10.3. The molecule has 2 heterocycles. The minimum atomic E-state index is 0.00256. The van der Waals surface area contributed by atoms with Crippen molar-refractivity contribution < 1.29 is 4.79 Å². The lowest BCUT2D eigenvalue weighted by Crippen LogP contribution is -2.46. The lowest BCUT2D eigenvalue weighted by molar-refractivity contribution is -0.123. The molecule has 1 saturated heterocycles. The molecule has 1 fully saturated rings. The van der Waals surface area contributed by atoms with E-state index in [0.717, 1.165) is 29.3 Å². The Bertz CT molecular complexity index is 358. The Hall–Kier alpha value is -0.940. The van der Waals surface area contributed by atoms with Gasteiger partial charge in [0.2, 0.25) is 5.91 Å². The Morgan fingerprint density at radius 3 is 3.19 bits per heavy atom. The van der Waals surface area contributed by atoms with Crippen LogP contribution in [0, 0.1) is 6.92 Å². The molecule has 2 N–H and O–H groups in total. The van der Waals surface area contributed by atoms with Crippen molar-refractivity contribution in [2.45, 2.75) is 38.8 Å². The number of rotatable bonds is 3. The van der Waals surface area contributed by atoms with Gasteiger partial charge in [0, 0.05) is 11.1 Å². The van der Waals surface area contributed by atoms with Crippen molar-refractivity contribution in [3.8, 4) is 0 Å². The zero-order valence-electron chi connectivity index (χ0n) is 9.45. The van der Waals surface area contributed by atoms with E-state index in [0.29, 0.717) is 6.54 Å². The highest BCUT2D eigenvalue weighted by atomic mass is 32.1. The SMILES string of the molecule is Cc1ncc(CNC(=O)C2CCCCN2)s1. The van der Waals surface area contributed by atoms with Crippen LogP contribution in [0.5, 0.6) is 0 Å². The van der Waals surface area contributed by atoms with Crippen LogP contribution >= 0.6 is 11.3 Å². The van der Waals surface area contributed by atoms with Crippen molar-refractivity contribution in [3.63, 3.8) is 0 Å². The number of nitrogens with one attached hydrogen (secondary N) is 2. The summed E-state index contributed by atoms with van der Waals surface area (Å²) in [5.41, 5.74) is 0. The largest absolute Gasteiger partial charge is 0.350 e. The van der Waals surface area contributed by atoms with Crippen molar-refractivity contribution in [2.24, 2.45) is 0 Å². The Kier molecular flexibility index (Phi) is 3.90. The smallest absolute Gasteiger partial charge is 0.237 e. The Labute approximate surface area is 99.5 Å². The van der Waals surface area contributed by atoms with Crippen LogP contribution in [0.4, 0.5) is 0 Å². The van der Waals surface area contributed by atoms with E-state index in [4.69, 9.17) is 0 Å². The average Bonchev–Trinajstić information content (AvgIpc) is 2.73. The molecule has 0 aliphatic carbocycles. The molecule has 88 valence electrons. The predicted molar refractivity (Wildman–Crippen MR) is 64.3 cm³/mol. The van der Waals surface area contributed by atoms with E-state index >= 15 is 0 Å². The van der Waals surface area contributed by atoms with Crippen LogP contribution in [0.15, 0.2) is 6.20 Å². The number of nitrogens with zero attached hydrogens (tertiary/aromatic N) is 1. The third kappa shape index (κ3) is 3.02. The highest BCUT2D eigenvalue weighted by molar-refractivity contribution is 7.11. The molecular weight excluding hydrogens is 222 g/mol. The predicted octanol–water partition coefficient (Wildman–Crippen LogP) is 1.21. The second kappa shape index (κ2) is 5.41. The van der Waals surface area contributed by atoms with E-state index in [1.807, 2.05) is 13.1 Å². The van der Waals surface area contributed by atoms with Gasteiger partial charge in [-0.25, -0.2) is 4.98 Å². The molecule has 0 saturated carbocycles. The van der Waals surface area contributed by atoms with Crippen molar-refractivity contribution in [1.29, 1.82) is 0 Å². The van der Waals surface area contributed by atoms with E-state index in [9.17, 15) is 4.79 Å². The van der Waals surface area contributed by atoms with Gasteiger partial charge in [0.25, 0.3) is 0 Å². The summed E-state index contributed by atoms with van der Waals surface area (Å²) in [5.74, 6) is 0.116. The van der Waals surface area contributed by atoms with Crippen molar-refractivity contribution >= 4 is 17.2 Å². The van der Waals surface area contributed by atoms with Gasteiger partial charge in [-0.1, -0.05) is 6.42 Å². The molecular formula is C11H17N3OS. The first kappa shape index (κ1) is 11.5. The summed E-state index contributed by atoms with van der Waals surface area (Å²) in [4.78, 5) is 17.1. The van der Waals surface area contributed by atoms with E-state index in [-0.39, 0.29) is 11.9 Å². The first-order chi connectivity index (χ1) is 7.75. The number of amides is 1. The van der Waals surface area contributed by atoms with Crippen LogP contribution in [-0.2, 0) is 11.3 Å². The van der Waals surface area contributed by atoms with Crippen molar-refractivity contribution in [1.82, 2.24) is 15.6 Å². The number of hydrogen-bond acceptors (Lipinski definition) is 4. The Balaban J connectivity index is 1.78. The minimum Gasteiger partial charge on any atom is -0.350 e. The quantitative estimate of drug-likeness (QED) is 0.833. The van der Waals surface area contributed by atoms with Crippen molar-refractivity contribution in [3.05, 3.63) is 16.1 Å². The molecule has 1 aliphatic rings. The molecule has 2 rings (SSSR count). The lowest BCUT2D eigenvalue weighted by Gasteiger charge is -2.22. The van der Waals surface area contributed by atoms with E-state index in [2.05, 4.69) is 15.6 Å². The molecule has 0 aromatic carbocycles. The fourth-order valence-corrected chi connectivity index (χ4v) is 2.59. The third-order valence-corrected chi connectivity index (χ3v) is 3.65. The summed E-state index contributed by atoms with van der Waals surface area (Å²) in [6.07, 6.45) is 5.10. The summed E-state index contributed by atoms with van der Waals surface area (Å²) >= 11 is 1.63. The third-order valence-electron chi connectivity index (χ3n) is 2.73. The van der Waals surface area contributed by atoms with Crippen LogP contribution in [-0.4, -0.2) is 23.5 Å². The molecule has 1 aliphatic heterocycles. The number of aryl methyl sites for hydroxylation is 1. The number of piperidine rings is 1. The molecule has 1 atom stereocenters. The fourth-order valence-electron chi connectivity index (χ4n) is 1.86. The van der Waals surface area contributed by atoms with Crippen LogP contribution in [0.3, 0.4) is 0 Å². The first-order valence-corrected chi connectivity index (χ1v) is 6.50. The molecule has 1 unspecified atom stereocenters. The number of aromatic nitrogens is 1. The summed E-state index contributed by atoms with van der Waals surface area (Å²) in [7, 11) is 0. The van der Waals surface area contributed by atoms with Crippen molar-refractivity contribution in [2.75, 3.05) is 6.54 Å². The molecule has 5 heteroatoms. The Morgan fingerprint density at radius 1 is 1.69 bits per heavy atom. The number of carbonyl (C=O) groups excluding carboxylic acids is 1. The molecule has 0 bridgehead atoms. The van der Waals surface area contributed by atoms with Gasteiger partial charge in [-0.2, -0.15) is 0 Å². The van der Waals surface area contributed by atoms with Gasteiger partial charge in [-0.3, -0.25) is 4.79 Å². The van der Waals surface area contributed by atoms with E-state index in [1.165, 1.54) is 6.42 Å². The molecule has 4 nitrogen and oxygen atoms in total. The molecule has 16 heavy (non-hydrogen) atoms. The topological polar surface area (TPSA) is 54.0 Å². The molecule has 1 aromatic rings. The molecule has 0 radical (unpaired) electrons. The molecule has 1 aromatic heterocycles. The zero-order chi connectivity index (χ0) is 11.4. The van der Waals surface area contributed by atoms with Gasteiger partial charge in [-0.15, -0.1) is 11.3 Å². The van der Waals surface area contributed by atoms with Crippen LogP contribution in [0.25, 0.3) is 0 Å². The monoisotopic (exact) mass is 239 g/mol. The van der Waals surface area contributed by atoms with E-state index in [1.54, 1.807) is 11.3 Å². The van der Waals surface area contributed by atoms with Gasteiger partial charge in [-0.05, 0) is 26.3 Å². The summed E-state index contributed by atoms with van der Waals surface area (Å²) < 4.78 is 0. The van der Waals surface area contributed by atoms with Gasteiger partial charge >= 0.3 is 0 Å². The lowest BCUT2D eigenvalue weighted by atomic mass is 10.0. The first-order valence-electron chi connectivity index (χ1n) is 5.68. The second-order valence-electron chi connectivity index (χ2n) is 4.07. The Morgan fingerprint density at radius 2 is 2.56 bits per heavy atom. The maximum absolute atomic E-state index is 11.8. The summed E-state index contributed by atoms with van der Waals surface area (Å²) in [6, 6.07) is 0.00256. The molecule has 0 spiro atoms. The van der Waals surface area contributed by atoms with E-state index < -0.39 is 0 Å². The van der Waals surface area contributed by atoms with Gasteiger partial charge in [0.1, 0.15) is 0 Å². The highest BCUT2D eigenvalue weighted by Crippen LogP contribution is 2.11. The van der Waals surface area contributed by atoms with Crippen LogP contribution in [0.1, 0.15) is 29.1 Å². The minimum absolute atomic E-state index is 0.00256. The normalized spacial score (nSPS) is 20.7. The van der Waals surface area contributed by atoms with Gasteiger partial charge in [0.05, 0.1) is 17.6 Å². The number of thiazole rings is 1. The summed E-state index contributed by atoms with van der Waals surface area (Å²) in [5, 5.41) is 7.23. The maximum atomic E-state index is 11.8. The maximum Gasteiger partial charge on any atom is 0.237 e. The molecule has 1 amide bonds. The van der Waals surface area contributed by atoms with Gasteiger partial charge < -0.3 is 10.6 Å². The summed E-state index contributed by atoms with van der Waals surface area (Å²) in [6.45, 7) is 3.53. The number of carbonyl (C=O) groups is 1.